The summed E-state index contributed by atoms with van der Waals surface area (Å²) in [4.78, 5) is 4.22. The first-order valence-electron chi connectivity index (χ1n) is 8.03. The molecule has 0 saturated heterocycles. The third kappa shape index (κ3) is 3.54. The summed E-state index contributed by atoms with van der Waals surface area (Å²) in [5.41, 5.74) is 10.3. The fraction of sp³-hybridized carbons (Fsp3) is 0.263. The summed E-state index contributed by atoms with van der Waals surface area (Å²) >= 11 is 0. The second kappa shape index (κ2) is 7.14. The minimum Gasteiger partial charge on any atom is -0.370 e. The van der Waals surface area contributed by atoms with Crippen LogP contribution in [0.15, 0.2) is 41.4 Å². The first kappa shape index (κ1) is 16.0. The van der Waals surface area contributed by atoms with Gasteiger partial charge in [0.25, 0.3) is 0 Å². The van der Waals surface area contributed by atoms with E-state index in [1.165, 1.54) is 30.0 Å². The number of fused-ring (bicyclic) bond motifs is 1. The molecule has 2 aromatic rings. The minimum absolute atomic E-state index is 0.130. The fourth-order valence-corrected chi connectivity index (χ4v) is 2.99. The molecule has 1 aliphatic rings. The van der Waals surface area contributed by atoms with Crippen molar-refractivity contribution in [3.8, 4) is 6.07 Å². The van der Waals surface area contributed by atoms with Crippen LogP contribution in [0.5, 0.6) is 0 Å². The average molecular weight is 322 g/mol. The Balaban J connectivity index is 1.72. The van der Waals surface area contributed by atoms with Gasteiger partial charge in [-0.05, 0) is 55.0 Å². The van der Waals surface area contributed by atoms with E-state index in [9.17, 15) is 4.39 Å². The summed E-state index contributed by atoms with van der Waals surface area (Å²) in [5, 5.41) is 11.9. The van der Waals surface area contributed by atoms with Crippen LogP contribution in [0.2, 0.25) is 0 Å². The van der Waals surface area contributed by atoms with Crippen molar-refractivity contribution in [1.82, 2.24) is 0 Å². The van der Waals surface area contributed by atoms with Gasteiger partial charge in [0.2, 0.25) is 0 Å². The molecule has 2 aromatic carbocycles. The molecule has 0 aromatic heterocycles. The number of nitrogens with zero attached hydrogens (tertiary/aromatic N) is 2. The van der Waals surface area contributed by atoms with Crippen molar-refractivity contribution in [2.24, 2.45) is 10.7 Å². The van der Waals surface area contributed by atoms with Crippen molar-refractivity contribution in [2.45, 2.75) is 32.2 Å². The maximum Gasteiger partial charge on any atom is 0.193 e. The molecule has 122 valence electrons. The Kier molecular flexibility index (Phi) is 4.76. The fourth-order valence-electron chi connectivity index (χ4n) is 2.99. The SMILES string of the molecule is N#Cc1ccc(CN=C(N)Nc2cccc3c2CCCC3)c(F)c1. The molecule has 1 aliphatic carbocycles. The van der Waals surface area contributed by atoms with E-state index >= 15 is 0 Å². The van der Waals surface area contributed by atoms with Crippen molar-refractivity contribution in [3.63, 3.8) is 0 Å². The number of rotatable bonds is 3. The Bertz CT molecular complexity index is 821. The first-order valence-corrected chi connectivity index (χ1v) is 8.03. The van der Waals surface area contributed by atoms with E-state index in [0.717, 1.165) is 18.5 Å². The molecule has 0 unspecified atom stereocenters. The lowest BCUT2D eigenvalue weighted by Crippen LogP contribution is -2.24. The van der Waals surface area contributed by atoms with Crippen molar-refractivity contribution >= 4 is 11.6 Å². The van der Waals surface area contributed by atoms with E-state index < -0.39 is 5.82 Å². The Morgan fingerprint density at radius 2 is 2.08 bits per heavy atom. The molecule has 3 N–H and O–H groups in total. The third-order valence-corrected chi connectivity index (χ3v) is 4.26. The summed E-state index contributed by atoms with van der Waals surface area (Å²) in [5.74, 6) is -0.180. The standard InChI is InChI=1S/C19H19FN4/c20-17-10-13(11-21)8-9-15(17)12-23-19(22)24-18-7-3-5-14-4-1-2-6-16(14)18/h3,5,7-10H,1-2,4,6,12H2,(H3,22,23,24). The highest BCUT2D eigenvalue weighted by Crippen LogP contribution is 2.27. The number of guanidine groups is 1. The van der Waals surface area contributed by atoms with E-state index in [1.807, 2.05) is 18.2 Å². The Hall–Kier alpha value is -2.87. The Morgan fingerprint density at radius 3 is 2.88 bits per heavy atom. The molecule has 0 amide bonds. The lowest BCUT2D eigenvalue weighted by molar-refractivity contribution is 0.610. The molecular formula is C19H19FN4. The zero-order valence-electron chi connectivity index (χ0n) is 13.3. The zero-order chi connectivity index (χ0) is 16.9. The maximum absolute atomic E-state index is 13.9. The van der Waals surface area contributed by atoms with E-state index in [-0.39, 0.29) is 12.5 Å². The average Bonchev–Trinajstić information content (AvgIpc) is 2.61. The highest BCUT2D eigenvalue weighted by atomic mass is 19.1. The van der Waals surface area contributed by atoms with Gasteiger partial charge in [-0.25, -0.2) is 9.38 Å². The number of aliphatic imine (C=N–C) groups is 1. The lowest BCUT2D eigenvalue weighted by atomic mass is 9.90. The van der Waals surface area contributed by atoms with Crippen LogP contribution >= 0.6 is 0 Å². The van der Waals surface area contributed by atoms with Crippen molar-refractivity contribution in [3.05, 3.63) is 64.5 Å². The molecule has 5 heteroatoms. The van der Waals surface area contributed by atoms with Crippen molar-refractivity contribution in [1.29, 1.82) is 5.26 Å². The summed E-state index contributed by atoms with van der Waals surface area (Å²) in [6, 6.07) is 12.4. The molecule has 4 nitrogen and oxygen atoms in total. The lowest BCUT2D eigenvalue weighted by Gasteiger charge is -2.19. The number of nitriles is 1. The number of benzene rings is 2. The summed E-state index contributed by atoms with van der Waals surface area (Å²) in [6.45, 7) is 0.130. The van der Waals surface area contributed by atoms with Crippen LogP contribution in [0, 0.1) is 17.1 Å². The largest absolute Gasteiger partial charge is 0.370 e. The highest BCUT2D eigenvalue weighted by Gasteiger charge is 2.13. The second-order valence-electron chi connectivity index (χ2n) is 5.89. The number of nitrogens with two attached hydrogens (primary N) is 1. The number of hydrogen-bond acceptors (Lipinski definition) is 2. The van der Waals surface area contributed by atoms with E-state index in [2.05, 4.69) is 16.4 Å². The normalized spacial score (nSPS) is 13.9. The molecular weight excluding hydrogens is 303 g/mol. The van der Waals surface area contributed by atoms with Gasteiger partial charge < -0.3 is 11.1 Å². The number of anilines is 1. The van der Waals surface area contributed by atoms with Crippen molar-refractivity contribution in [2.75, 3.05) is 5.32 Å². The van der Waals surface area contributed by atoms with E-state index in [0.29, 0.717) is 11.1 Å². The molecule has 24 heavy (non-hydrogen) atoms. The van der Waals surface area contributed by atoms with Gasteiger partial charge in [0.05, 0.1) is 18.2 Å². The second-order valence-corrected chi connectivity index (χ2v) is 5.89. The molecule has 0 radical (unpaired) electrons. The minimum atomic E-state index is -0.442. The maximum atomic E-state index is 13.9. The monoisotopic (exact) mass is 322 g/mol. The van der Waals surface area contributed by atoms with Gasteiger partial charge in [-0.1, -0.05) is 18.2 Å². The molecule has 0 atom stereocenters. The molecule has 3 rings (SSSR count). The summed E-state index contributed by atoms with van der Waals surface area (Å²) in [6.07, 6.45) is 4.53. The summed E-state index contributed by atoms with van der Waals surface area (Å²) < 4.78 is 13.9. The van der Waals surface area contributed by atoms with Gasteiger partial charge in [-0.3, -0.25) is 0 Å². The van der Waals surface area contributed by atoms with Crippen LogP contribution in [-0.4, -0.2) is 5.96 Å². The summed E-state index contributed by atoms with van der Waals surface area (Å²) in [7, 11) is 0. The van der Waals surface area contributed by atoms with Crippen LogP contribution in [-0.2, 0) is 19.4 Å². The van der Waals surface area contributed by atoms with Crippen molar-refractivity contribution < 1.29 is 4.39 Å². The van der Waals surface area contributed by atoms with E-state index in [4.69, 9.17) is 11.0 Å². The zero-order valence-corrected chi connectivity index (χ0v) is 13.3. The predicted molar refractivity (Wildman–Crippen MR) is 93.1 cm³/mol. The Morgan fingerprint density at radius 1 is 1.25 bits per heavy atom. The predicted octanol–water partition coefficient (Wildman–Crippen LogP) is 3.50. The number of nitrogens with one attached hydrogen (secondary N) is 1. The van der Waals surface area contributed by atoms with Gasteiger partial charge in [0.15, 0.2) is 5.96 Å². The van der Waals surface area contributed by atoms with Gasteiger partial charge in [-0.2, -0.15) is 5.26 Å². The van der Waals surface area contributed by atoms with Crippen LogP contribution in [0.1, 0.15) is 35.1 Å². The molecule has 0 bridgehead atoms. The third-order valence-electron chi connectivity index (χ3n) is 4.26. The quantitative estimate of drug-likeness (QED) is 0.671. The van der Waals surface area contributed by atoms with Gasteiger partial charge in [-0.15, -0.1) is 0 Å². The van der Waals surface area contributed by atoms with Gasteiger partial charge in [0, 0.05) is 11.3 Å². The van der Waals surface area contributed by atoms with Gasteiger partial charge in [0.1, 0.15) is 5.82 Å². The molecule has 0 spiro atoms. The molecule has 0 aliphatic heterocycles. The molecule has 0 heterocycles. The highest BCUT2D eigenvalue weighted by molar-refractivity contribution is 5.93. The van der Waals surface area contributed by atoms with Crippen LogP contribution in [0.3, 0.4) is 0 Å². The first-order chi connectivity index (χ1) is 11.7. The van der Waals surface area contributed by atoms with Crippen LogP contribution < -0.4 is 11.1 Å². The Labute approximate surface area is 140 Å². The number of aryl methyl sites for hydroxylation is 1. The number of halogens is 1. The number of hydrogen-bond donors (Lipinski definition) is 2. The smallest absolute Gasteiger partial charge is 0.193 e. The van der Waals surface area contributed by atoms with Gasteiger partial charge >= 0.3 is 0 Å². The molecule has 0 saturated carbocycles. The topological polar surface area (TPSA) is 74.2 Å². The van der Waals surface area contributed by atoms with Crippen LogP contribution in [0.4, 0.5) is 10.1 Å². The molecule has 0 fully saturated rings. The van der Waals surface area contributed by atoms with E-state index in [1.54, 1.807) is 12.1 Å². The van der Waals surface area contributed by atoms with Crippen LogP contribution in [0.25, 0.3) is 0 Å².